The molecule has 45 valence electrons. The molecule has 0 heterocycles. The predicted molar refractivity (Wildman–Crippen MR) is 13.1 cm³/mol. The second kappa shape index (κ2) is 5.52. The van der Waals surface area contributed by atoms with E-state index in [0.29, 0.717) is 0 Å². The van der Waals surface area contributed by atoms with Gasteiger partial charge in [0.15, 0.2) is 0 Å². The van der Waals surface area contributed by atoms with Crippen LogP contribution in [0.25, 0.3) is 0 Å². The fourth-order valence-corrected chi connectivity index (χ4v) is 0. The summed E-state index contributed by atoms with van der Waals surface area (Å²) in [4.78, 5) is 0. The molecule has 0 amide bonds. The molecule has 0 aromatic heterocycles. The van der Waals surface area contributed by atoms with Gasteiger partial charge in [-0.05, 0) is 0 Å². The summed E-state index contributed by atoms with van der Waals surface area (Å²) in [7, 11) is 0. The Labute approximate surface area is 66.9 Å². The standard InChI is InChI=1S/AsH3O4.Cu.Zn/c2-1(3,4)5;;/h(H3,2,3,4,5);;. The molecule has 1 radical (unpaired) electrons. The van der Waals surface area contributed by atoms with Crippen molar-refractivity contribution in [2.45, 2.75) is 0 Å². The molecule has 0 spiro atoms. The Morgan fingerprint density at radius 1 is 1.14 bits per heavy atom. The second-order valence-corrected chi connectivity index (χ2v) is 2.67. The van der Waals surface area contributed by atoms with Crippen LogP contribution in [0.15, 0.2) is 0 Å². The zero-order valence-corrected chi connectivity index (χ0v) is 8.99. The van der Waals surface area contributed by atoms with Crippen molar-refractivity contribution < 1.29 is 52.6 Å². The SMILES string of the molecule is O=[As](O)(O)O.[Cu].[Zn]. The van der Waals surface area contributed by atoms with Gasteiger partial charge in [0.25, 0.3) is 0 Å². The van der Waals surface area contributed by atoms with Crippen LogP contribution in [0.5, 0.6) is 0 Å². The van der Waals surface area contributed by atoms with Crippen molar-refractivity contribution in [3.63, 3.8) is 0 Å². The van der Waals surface area contributed by atoms with Gasteiger partial charge in [-0.15, -0.1) is 0 Å². The van der Waals surface area contributed by atoms with Crippen LogP contribution in [0.4, 0.5) is 0 Å². The molecular formula is H3AsCuO4Zn. The van der Waals surface area contributed by atoms with Gasteiger partial charge in [-0.1, -0.05) is 0 Å². The fourth-order valence-electron chi connectivity index (χ4n) is 0. The van der Waals surface area contributed by atoms with E-state index in [0.717, 1.165) is 0 Å². The van der Waals surface area contributed by atoms with Crippen LogP contribution < -0.4 is 0 Å². The first-order valence-corrected chi connectivity index (χ1v) is 4.07. The molecule has 7 heteroatoms. The van der Waals surface area contributed by atoms with Gasteiger partial charge >= 0.3 is 30.5 Å². The Morgan fingerprint density at radius 3 is 1.14 bits per heavy atom. The Hall–Kier alpha value is 1.38. The minimum absolute atomic E-state index is 0. The summed E-state index contributed by atoms with van der Waals surface area (Å²) in [5.74, 6) is 0. The van der Waals surface area contributed by atoms with Gasteiger partial charge in [0, 0.05) is 36.5 Å². The zero-order chi connectivity index (χ0) is 4.50. The van der Waals surface area contributed by atoms with Crippen molar-refractivity contribution in [2.24, 2.45) is 0 Å². The van der Waals surface area contributed by atoms with Gasteiger partial charge in [-0.25, -0.2) is 0 Å². The minimum atomic E-state index is -5.12. The first-order valence-electron chi connectivity index (χ1n) is 0.783. The number of rotatable bonds is 0. The van der Waals surface area contributed by atoms with Gasteiger partial charge in [0.2, 0.25) is 0 Å². The molecule has 3 N–H and O–H groups in total. The minimum Gasteiger partial charge on any atom is 0 e. The molecule has 0 saturated carbocycles. The molecule has 0 bridgehead atoms. The van der Waals surface area contributed by atoms with E-state index in [1.54, 1.807) is 0 Å². The van der Waals surface area contributed by atoms with Crippen molar-refractivity contribution in [1.82, 2.24) is 0 Å². The van der Waals surface area contributed by atoms with Crippen molar-refractivity contribution in [3.8, 4) is 0 Å². The molecule has 0 saturated heterocycles. The summed E-state index contributed by atoms with van der Waals surface area (Å²) >= 11 is -5.12. The van der Waals surface area contributed by atoms with Crippen molar-refractivity contribution in [3.05, 3.63) is 0 Å². The Kier molecular flexibility index (Phi) is 12.4. The molecule has 0 aliphatic carbocycles. The van der Waals surface area contributed by atoms with Gasteiger partial charge in [0.05, 0.1) is 0 Å². The largest absolute Gasteiger partial charge is 0 e. The molecule has 0 atom stereocenters. The predicted octanol–water partition coefficient (Wildman–Crippen LogP) is -2.18. The Bertz CT molecular complexity index is 57.8. The van der Waals surface area contributed by atoms with Gasteiger partial charge in [-0.2, -0.15) is 0 Å². The first-order chi connectivity index (χ1) is 2.00. The van der Waals surface area contributed by atoms with Crippen LogP contribution in [0.2, 0.25) is 0 Å². The second-order valence-electron chi connectivity index (χ2n) is 0.513. The average Bonchev–Trinajstić information content (AvgIpc) is 0.722. The molecule has 0 aliphatic rings. The third-order valence-electron chi connectivity index (χ3n) is 0. The monoisotopic (exact) mass is 269 g/mol. The average molecular weight is 271 g/mol. The van der Waals surface area contributed by atoms with E-state index in [-0.39, 0.29) is 36.5 Å². The van der Waals surface area contributed by atoms with Gasteiger partial charge in [0.1, 0.15) is 0 Å². The quantitative estimate of drug-likeness (QED) is 0.438. The summed E-state index contributed by atoms with van der Waals surface area (Å²) in [5.41, 5.74) is 0. The van der Waals surface area contributed by atoms with Crippen molar-refractivity contribution in [2.75, 3.05) is 0 Å². The molecule has 4 nitrogen and oxygen atoms in total. The molecular weight excluding hydrogens is 268 g/mol. The summed E-state index contributed by atoms with van der Waals surface area (Å²) in [6.45, 7) is 0. The smallest absolute Gasteiger partial charge is 0 e. The molecule has 0 rings (SSSR count). The van der Waals surface area contributed by atoms with Crippen LogP contribution in [0, 0.1) is 0 Å². The topological polar surface area (TPSA) is 77.8 Å². The maximum absolute atomic E-state index is 8.94. The normalized spacial score (nSPS) is 8.43. The maximum atomic E-state index is 8.94. The van der Waals surface area contributed by atoms with E-state index >= 15 is 0 Å². The van der Waals surface area contributed by atoms with Crippen LogP contribution in [0.3, 0.4) is 0 Å². The van der Waals surface area contributed by atoms with Crippen LogP contribution in [-0.2, 0) is 40.3 Å². The fraction of sp³-hybridized carbons (Fsp3) is 0. The van der Waals surface area contributed by atoms with E-state index in [2.05, 4.69) is 0 Å². The van der Waals surface area contributed by atoms with E-state index in [4.69, 9.17) is 16.0 Å². The molecule has 7 heavy (non-hydrogen) atoms. The molecule has 0 aromatic carbocycles. The van der Waals surface area contributed by atoms with E-state index in [1.807, 2.05) is 0 Å². The Morgan fingerprint density at radius 2 is 1.14 bits per heavy atom. The van der Waals surface area contributed by atoms with Crippen LogP contribution >= 0.6 is 0 Å². The summed E-state index contributed by atoms with van der Waals surface area (Å²) in [5, 5.41) is 0. The summed E-state index contributed by atoms with van der Waals surface area (Å²) < 4.78 is 30.7. The molecule has 0 aromatic rings. The van der Waals surface area contributed by atoms with E-state index < -0.39 is 14.5 Å². The molecule has 0 fully saturated rings. The summed E-state index contributed by atoms with van der Waals surface area (Å²) in [6.07, 6.45) is 0. The van der Waals surface area contributed by atoms with Crippen LogP contribution in [-0.4, -0.2) is 26.8 Å². The Balaban J connectivity index is -0.0000000800. The third-order valence-corrected chi connectivity index (χ3v) is 0. The van der Waals surface area contributed by atoms with Crippen molar-refractivity contribution in [1.29, 1.82) is 0 Å². The molecule has 0 unspecified atom stereocenters. The van der Waals surface area contributed by atoms with Gasteiger partial charge in [-0.3, -0.25) is 0 Å². The number of hydrogen-bond acceptors (Lipinski definition) is 1. The zero-order valence-electron chi connectivity index (χ0n) is 3.21. The maximum Gasteiger partial charge on any atom is 0 e. The van der Waals surface area contributed by atoms with Crippen molar-refractivity contribution >= 4 is 14.5 Å². The van der Waals surface area contributed by atoms with E-state index in [1.165, 1.54) is 0 Å². The first kappa shape index (κ1) is 15.8. The summed E-state index contributed by atoms with van der Waals surface area (Å²) in [6, 6.07) is 0. The number of hydrogen-bond donors (Lipinski definition) is 3. The molecule has 0 aliphatic heterocycles. The third kappa shape index (κ3) is 112. The van der Waals surface area contributed by atoms with Crippen LogP contribution in [0.1, 0.15) is 0 Å². The van der Waals surface area contributed by atoms with Gasteiger partial charge < -0.3 is 0 Å². The van der Waals surface area contributed by atoms with E-state index in [9.17, 15) is 0 Å².